The number of hydrogen-bond acceptors (Lipinski definition) is 5. The van der Waals surface area contributed by atoms with Gasteiger partial charge in [-0.05, 0) is 51.1 Å². The number of rotatable bonds is 4. The average molecular weight is 312 g/mol. The summed E-state index contributed by atoms with van der Waals surface area (Å²) in [6.07, 6.45) is 3.61. The van der Waals surface area contributed by atoms with Crippen molar-refractivity contribution in [3.63, 3.8) is 0 Å². The summed E-state index contributed by atoms with van der Waals surface area (Å²) >= 11 is 0. The van der Waals surface area contributed by atoms with Gasteiger partial charge in [0.15, 0.2) is 0 Å². The Bertz CT molecular complexity index is 616. The molecule has 0 bridgehead atoms. The van der Waals surface area contributed by atoms with Crippen molar-refractivity contribution in [2.75, 3.05) is 31.2 Å². The zero-order valence-corrected chi connectivity index (χ0v) is 13.4. The molecule has 1 fully saturated rings. The Morgan fingerprint density at radius 1 is 1.38 bits per heavy atom. The van der Waals surface area contributed by atoms with Crippen LogP contribution in [0.15, 0.2) is 17.0 Å². The lowest BCUT2D eigenvalue weighted by Crippen LogP contribution is -2.40. The molecule has 0 aliphatic carbocycles. The van der Waals surface area contributed by atoms with E-state index in [0.29, 0.717) is 17.3 Å². The maximum absolute atomic E-state index is 11.6. The molecule has 6 nitrogen and oxygen atoms in total. The van der Waals surface area contributed by atoms with Crippen LogP contribution in [0, 0.1) is 6.92 Å². The van der Waals surface area contributed by atoms with Crippen molar-refractivity contribution in [1.82, 2.24) is 4.90 Å². The molecule has 2 rings (SSSR count). The Hall–Kier alpha value is -1.31. The Morgan fingerprint density at radius 2 is 2.10 bits per heavy atom. The van der Waals surface area contributed by atoms with E-state index in [1.165, 1.54) is 18.9 Å². The topological polar surface area (TPSA) is 101 Å². The minimum absolute atomic E-state index is 0.0852. The SMILES string of the molecule is Cc1c(NCC2CCCCN2C)cc(N)cc1S(N)(=O)=O. The fraction of sp³-hybridized carbons (Fsp3) is 0.571. The number of benzene rings is 1. The molecule has 0 radical (unpaired) electrons. The van der Waals surface area contributed by atoms with Crippen molar-refractivity contribution in [1.29, 1.82) is 0 Å². The van der Waals surface area contributed by atoms with Crippen LogP contribution >= 0.6 is 0 Å². The van der Waals surface area contributed by atoms with Crippen molar-refractivity contribution in [3.05, 3.63) is 17.7 Å². The molecule has 0 amide bonds. The predicted molar refractivity (Wildman–Crippen MR) is 85.7 cm³/mol. The molecule has 1 atom stereocenters. The Labute approximate surface area is 126 Å². The molecule has 7 heteroatoms. The van der Waals surface area contributed by atoms with Crippen molar-refractivity contribution >= 4 is 21.4 Å². The molecular formula is C14H24N4O2S. The first-order valence-electron chi connectivity index (χ1n) is 7.16. The highest BCUT2D eigenvalue weighted by Crippen LogP contribution is 2.26. The van der Waals surface area contributed by atoms with E-state index in [9.17, 15) is 8.42 Å². The molecule has 1 aromatic rings. The van der Waals surface area contributed by atoms with Gasteiger partial charge in [-0.3, -0.25) is 0 Å². The number of primary sulfonamides is 1. The number of nitrogens with two attached hydrogens (primary N) is 2. The molecule has 5 N–H and O–H groups in total. The zero-order chi connectivity index (χ0) is 15.6. The molecule has 1 aliphatic heterocycles. The molecule has 118 valence electrons. The summed E-state index contributed by atoms with van der Waals surface area (Å²) in [7, 11) is -1.64. The first-order valence-corrected chi connectivity index (χ1v) is 8.70. The van der Waals surface area contributed by atoms with Gasteiger partial charge in [0, 0.05) is 24.0 Å². The molecule has 1 heterocycles. The molecule has 1 aliphatic rings. The number of likely N-dealkylation sites (tertiary alicyclic amines) is 1. The predicted octanol–water partition coefficient (Wildman–Crippen LogP) is 1.12. The van der Waals surface area contributed by atoms with Crippen LogP contribution in [0.1, 0.15) is 24.8 Å². The highest BCUT2D eigenvalue weighted by atomic mass is 32.2. The smallest absolute Gasteiger partial charge is 0.238 e. The third-order valence-corrected chi connectivity index (χ3v) is 5.18. The minimum Gasteiger partial charge on any atom is -0.399 e. The highest BCUT2D eigenvalue weighted by molar-refractivity contribution is 7.89. The van der Waals surface area contributed by atoms with Crippen molar-refractivity contribution in [2.24, 2.45) is 5.14 Å². The fourth-order valence-electron chi connectivity index (χ4n) is 2.82. The van der Waals surface area contributed by atoms with Gasteiger partial charge in [0.2, 0.25) is 10.0 Å². The van der Waals surface area contributed by atoms with Crippen LogP contribution in [0.3, 0.4) is 0 Å². The molecule has 1 unspecified atom stereocenters. The van der Waals surface area contributed by atoms with Gasteiger partial charge in [-0.15, -0.1) is 0 Å². The molecular weight excluding hydrogens is 288 g/mol. The van der Waals surface area contributed by atoms with E-state index in [2.05, 4.69) is 17.3 Å². The van der Waals surface area contributed by atoms with Crippen LogP contribution in [0.5, 0.6) is 0 Å². The minimum atomic E-state index is -3.76. The third kappa shape index (κ3) is 3.87. The summed E-state index contributed by atoms with van der Waals surface area (Å²) < 4.78 is 23.2. The van der Waals surface area contributed by atoms with E-state index in [1.807, 2.05) is 0 Å². The van der Waals surface area contributed by atoms with Gasteiger partial charge in [0.1, 0.15) is 0 Å². The van der Waals surface area contributed by atoms with Crippen LogP contribution in [-0.2, 0) is 10.0 Å². The van der Waals surface area contributed by atoms with Crippen LogP contribution in [0.2, 0.25) is 0 Å². The first-order chi connectivity index (χ1) is 9.79. The van der Waals surface area contributed by atoms with E-state index in [-0.39, 0.29) is 4.90 Å². The van der Waals surface area contributed by atoms with Crippen LogP contribution in [0.25, 0.3) is 0 Å². The van der Waals surface area contributed by atoms with Gasteiger partial charge in [-0.25, -0.2) is 13.6 Å². The molecule has 1 aromatic carbocycles. The lowest BCUT2D eigenvalue weighted by atomic mass is 10.0. The normalized spacial score (nSPS) is 20.4. The van der Waals surface area contributed by atoms with E-state index < -0.39 is 10.0 Å². The summed E-state index contributed by atoms with van der Waals surface area (Å²) in [6, 6.07) is 3.62. The molecule has 0 aromatic heterocycles. The average Bonchev–Trinajstić information content (AvgIpc) is 2.39. The number of nitrogens with zero attached hydrogens (tertiary/aromatic N) is 1. The third-order valence-electron chi connectivity index (χ3n) is 4.14. The quantitative estimate of drug-likeness (QED) is 0.723. The maximum atomic E-state index is 11.6. The lowest BCUT2D eigenvalue weighted by Gasteiger charge is -2.33. The summed E-state index contributed by atoms with van der Waals surface area (Å²) in [5, 5.41) is 8.56. The monoisotopic (exact) mass is 312 g/mol. The van der Waals surface area contributed by atoms with Crippen LogP contribution < -0.4 is 16.2 Å². The number of anilines is 2. The number of hydrogen-bond donors (Lipinski definition) is 3. The van der Waals surface area contributed by atoms with Gasteiger partial charge in [0.25, 0.3) is 0 Å². The summed E-state index contributed by atoms with van der Waals surface area (Å²) in [5.74, 6) is 0. The second-order valence-corrected chi connectivity index (χ2v) is 7.28. The second kappa shape index (κ2) is 6.21. The second-order valence-electron chi connectivity index (χ2n) is 5.75. The summed E-state index contributed by atoms with van der Waals surface area (Å²) in [5.41, 5.74) is 7.53. The number of nitrogen functional groups attached to an aromatic ring is 1. The van der Waals surface area contributed by atoms with Crippen LogP contribution in [-0.4, -0.2) is 39.5 Å². The number of sulfonamides is 1. The van der Waals surface area contributed by atoms with E-state index in [0.717, 1.165) is 25.2 Å². The van der Waals surface area contributed by atoms with E-state index >= 15 is 0 Å². The number of likely N-dealkylation sites (N-methyl/N-ethyl adjacent to an activating group) is 1. The van der Waals surface area contributed by atoms with Crippen molar-refractivity contribution in [2.45, 2.75) is 37.1 Å². The van der Waals surface area contributed by atoms with Crippen LogP contribution in [0.4, 0.5) is 11.4 Å². The van der Waals surface area contributed by atoms with E-state index in [1.54, 1.807) is 13.0 Å². The lowest BCUT2D eigenvalue weighted by molar-refractivity contribution is 0.194. The Balaban J connectivity index is 2.18. The standard InChI is InChI=1S/C14H24N4O2S/c1-10-13(7-11(15)8-14(10)21(16,19)20)17-9-12-5-3-4-6-18(12)2/h7-8,12,17H,3-6,9,15H2,1-2H3,(H2,16,19,20). The van der Waals surface area contributed by atoms with E-state index in [4.69, 9.17) is 10.9 Å². The number of piperidine rings is 1. The van der Waals surface area contributed by atoms with Gasteiger partial charge >= 0.3 is 0 Å². The van der Waals surface area contributed by atoms with Gasteiger partial charge in [-0.2, -0.15) is 0 Å². The molecule has 0 spiro atoms. The Morgan fingerprint density at radius 3 is 2.71 bits per heavy atom. The summed E-state index contributed by atoms with van der Waals surface area (Å²) in [4.78, 5) is 2.42. The summed E-state index contributed by atoms with van der Waals surface area (Å²) in [6.45, 7) is 3.61. The molecule has 1 saturated heterocycles. The molecule has 21 heavy (non-hydrogen) atoms. The number of nitrogens with one attached hydrogen (secondary N) is 1. The van der Waals surface area contributed by atoms with Crippen molar-refractivity contribution in [3.8, 4) is 0 Å². The van der Waals surface area contributed by atoms with Gasteiger partial charge in [-0.1, -0.05) is 6.42 Å². The highest BCUT2D eigenvalue weighted by Gasteiger charge is 2.20. The largest absolute Gasteiger partial charge is 0.399 e. The first kappa shape index (κ1) is 16.1. The van der Waals surface area contributed by atoms with Crippen molar-refractivity contribution < 1.29 is 8.42 Å². The maximum Gasteiger partial charge on any atom is 0.238 e. The zero-order valence-electron chi connectivity index (χ0n) is 12.6. The fourth-order valence-corrected chi connectivity index (χ4v) is 3.65. The van der Waals surface area contributed by atoms with Gasteiger partial charge in [0.05, 0.1) is 4.90 Å². The Kier molecular flexibility index (Phi) is 4.75. The molecule has 0 saturated carbocycles. The van der Waals surface area contributed by atoms with Gasteiger partial charge < -0.3 is 16.0 Å².